The Hall–Kier alpha value is -3.28. The van der Waals surface area contributed by atoms with E-state index in [2.05, 4.69) is 5.32 Å². The molecule has 3 aromatic carbocycles. The maximum Gasteiger partial charge on any atom is 0.416 e. The third kappa shape index (κ3) is 3.67. The molecule has 1 unspecified atom stereocenters. The maximum absolute atomic E-state index is 13.5. The number of nitrogens with one attached hydrogen (secondary N) is 1. The van der Waals surface area contributed by atoms with Gasteiger partial charge in [-0.1, -0.05) is 54.1 Å². The van der Waals surface area contributed by atoms with Crippen molar-refractivity contribution in [2.75, 3.05) is 0 Å². The van der Waals surface area contributed by atoms with E-state index in [1.165, 1.54) is 12.1 Å². The summed E-state index contributed by atoms with van der Waals surface area (Å²) in [5, 5.41) is 5.08. The number of aryl methyl sites for hydroxylation is 1. The SMILES string of the molecule is Cc1cc(C2OC(NC3CC3)=C(c3cccc(C(F)(F)F)c3)C2=O)c2ccccc2c1. The molecule has 5 rings (SSSR count). The van der Waals surface area contributed by atoms with Crippen molar-refractivity contribution in [1.82, 2.24) is 5.32 Å². The van der Waals surface area contributed by atoms with Crippen LogP contribution < -0.4 is 5.32 Å². The number of alkyl halides is 3. The van der Waals surface area contributed by atoms with E-state index >= 15 is 0 Å². The quantitative estimate of drug-likeness (QED) is 0.565. The lowest BCUT2D eigenvalue weighted by Crippen LogP contribution is -2.17. The lowest BCUT2D eigenvalue weighted by molar-refractivity contribution is -0.137. The Morgan fingerprint density at radius 1 is 1.00 bits per heavy atom. The van der Waals surface area contributed by atoms with E-state index in [4.69, 9.17) is 4.74 Å². The molecule has 3 nitrogen and oxygen atoms in total. The first kappa shape index (κ1) is 19.7. The molecule has 0 bridgehead atoms. The number of benzene rings is 3. The number of hydrogen-bond acceptors (Lipinski definition) is 3. The summed E-state index contributed by atoms with van der Waals surface area (Å²) < 4.78 is 45.9. The average Bonchev–Trinajstić information content (AvgIpc) is 3.49. The van der Waals surface area contributed by atoms with Gasteiger partial charge in [-0.3, -0.25) is 4.79 Å². The van der Waals surface area contributed by atoms with Gasteiger partial charge in [0.05, 0.1) is 11.1 Å². The molecule has 1 fully saturated rings. The Bertz CT molecular complexity index is 1220. The van der Waals surface area contributed by atoms with Crippen molar-refractivity contribution in [1.29, 1.82) is 0 Å². The van der Waals surface area contributed by atoms with E-state index in [1.807, 2.05) is 43.3 Å². The van der Waals surface area contributed by atoms with Gasteiger partial charge >= 0.3 is 6.18 Å². The highest BCUT2D eigenvalue weighted by Gasteiger charge is 2.40. The zero-order valence-electron chi connectivity index (χ0n) is 16.8. The predicted molar refractivity (Wildman–Crippen MR) is 112 cm³/mol. The van der Waals surface area contributed by atoms with Crippen LogP contribution in [0, 0.1) is 6.92 Å². The number of carbonyl (C=O) groups is 1. The highest BCUT2D eigenvalue weighted by molar-refractivity contribution is 6.25. The number of halogens is 3. The van der Waals surface area contributed by atoms with Crippen LogP contribution >= 0.6 is 0 Å². The first-order valence-electron chi connectivity index (χ1n) is 10.2. The van der Waals surface area contributed by atoms with Crippen LogP contribution in [-0.2, 0) is 15.7 Å². The molecule has 0 radical (unpaired) electrons. The summed E-state index contributed by atoms with van der Waals surface area (Å²) in [6.45, 7) is 1.94. The van der Waals surface area contributed by atoms with Crippen molar-refractivity contribution in [2.45, 2.75) is 38.1 Å². The minimum absolute atomic E-state index is 0.175. The van der Waals surface area contributed by atoms with Gasteiger partial charge < -0.3 is 10.1 Å². The monoisotopic (exact) mass is 423 g/mol. The number of rotatable bonds is 4. The largest absolute Gasteiger partial charge is 0.462 e. The second-order valence-corrected chi connectivity index (χ2v) is 8.14. The molecule has 158 valence electrons. The van der Waals surface area contributed by atoms with E-state index in [9.17, 15) is 18.0 Å². The molecular weight excluding hydrogens is 403 g/mol. The molecule has 31 heavy (non-hydrogen) atoms. The van der Waals surface area contributed by atoms with Gasteiger partial charge in [0.25, 0.3) is 0 Å². The first-order valence-corrected chi connectivity index (χ1v) is 10.2. The predicted octanol–water partition coefficient (Wildman–Crippen LogP) is 5.93. The Balaban J connectivity index is 1.61. The topological polar surface area (TPSA) is 38.3 Å². The smallest absolute Gasteiger partial charge is 0.416 e. The second kappa shape index (κ2) is 7.15. The van der Waals surface area contributed by atoms with Crippen LogP contribution in [-0.4, -0.2) is 11.8 Å². The highest BCUT2D eigenvalue weighted by atomic mass is 19.4. The summed E-state index contributed by atoms with van der Waals surface area (Å²) in [5.41, 5.74) is 1.29. The lowest BCUT2D eigenvalue weighted by Gasteiger charge is -2.16. The third-order valence-electron chi connectivity index (χ3n) is 5.66. The molecule has 0 amide bonds. The van der Waals surface area contributed by atoms with E-state index in [1.54, 1.807) is 0 Å². The van der Waals surface area contributed by atoms with Crippen LogP contribution in [0.25, 0.3) is 16.3 Å². The van der Waals surface area contributed by atoms with Gasteiger partial charge in [0, 0.05) is 11.6 Å². The minimum Gasteiger partial charge on any atom is -0.462 e. The van der Waals surface area contributed by atoms with Gasteiger partial charge in [0.15, 0.2) is 12.0 Å². The number of carbonyl (C=O) groups excluding carboxylic acids is 1. The minimum atomic E-state index is -4.49. The Morgan fingerprint density at radius 3 is 2.52 bits per heavy atom. The standard InChI is InChI=1S/C25H20F3NO2/c1-14-11-15-5-2-3-8-19(15)20(12-14)23-22(30)21(24(31-23)29-18-9-10-18)16-6-4-7-17(13-16)25(26,27)28/h2-8,11-13,18,23,29H,9-10H2,1H3. The fourth-order valence-electron chi connectivity index (χ4n) is 4.03. The average molecular weight is 423 g/mol. The fourth-order valence-corrected chi connectivity index (χ4v) is 4.03. The van der Waals surface area contributed by atoms with E-state index < -0.39 is 17.8 Å². The summed E-state index contributed by atoms with van der Waals surface area (Å²) in [6, 6.07) is 16.7. The van der Waals surface area contributed by atoms with Gasteiger partial charge in [-0.2, -0.15) is 13.2 Å². The molecule has 1 aliphatic carbocycles. The number of Topliss-reactive ketones (excluding diaryl/α,β-unsaturated/α-hetero) is 1. The zero-order chi connectivity index (χ0) is 21.8. The molecule has 0 aromatic heterocycles. The first-order chi connectivity index (χ1) is 14.8. The normalized spacial score (nSPS) is 19.1. The molecule has 3 aromatic rings. The van der Waals surface area contributed by atoms with Crippen LogP contribution in [0.4, 0.5) is 13.2 Å². The van der Waals surface area contributed by atoms with Gasteiger partial charge in [0.1, 0.15) is 0 Å². The molecule has 1 atom stereocenters. The molecule has 1 aliphatic heterocycles. The van der Waals surface area contributed by atoms with Crippen molar-refractivity contribution < 1.29 is 22.7 Å². The van der Waals surface area contributed by atoms with E-state index in [0.717, 1.165) is 46.9 Å². The van der Waals surface area contributed by atoms with Crippen molar-refractivity contribution in [3.8, 4) is 0 Å². The summed E-state index contributed by atoms with van der Waals surface area (Å²) in [4.78, 5) is 13.5. The molecule has 6 heteroatoms. The summed E-state index contributed by atoms with van der Waals surface area (Å²) in [5.74, 6) is -0.0689. The van der Waals surface area contributed by atoms with Crippen LogP contribution in [0.2, 0.25) is 0 Å². The lowest BCUT2D eigenvalue weighted by atomic mass is 9.92. The Labute approximate surface area is 177 Å². The maximum atomic E-state index is 13.5. The molecule has 1 N–H and O–H groups in total. The summed E-state index contributed by atoms with van der Waals surface area (Å²) in [6.07, 6.45) is -3.52. The van der Waals surface area contributed by atoms with E-state index in [0.29, 0.717) is 0 Å². The molecule has 0 spiro atoms. The molecule has 1 saturated carbocycles. The van der Waals surface area contributed by atoms with E-state index in [-0.39, 0.29) is 28.8 Å². The molecule has 2 aliphatic rings. The van der Waals surface area contributed by atoms with Crippen molar-refractivity contribution in [3.05, 3.63) is 88.8 Å². The van der Waals surface area contributed by atoms with Crippen LogP contribution in [0.3, 0.4) is 0 Å². The Kier molecular flexibility index (Phi) is 4.54. The number of fused-ring (bicyclic) bond motifs is 1. The van der Waals surface area contributed by atoms with Gasteiger partial charge in [-0.15, -0.1) is 0 Å². The van der Waals surface area contributed by atoms with Crippen molar-refractivity contribution in [3.63, 3.8) is 0 Å². The second-order valence-electron chi connectivity index (χ2n) is 8.14. The fraction of sp³-hybridized carbons (Fsp3) is 0.240. The number of hydrogen-bond donors (Lipinski definition) is 1. The van der Waals surface area contributed by atoms with Crippen molar-refractivity contribution in [2.24, 2.45) is 0 Å². The molecule has 1 heterocycles. The highest BCUT2D eigenvalue weighted by Crippen LogP contribution is 2.42. The van der Waals surface area contributed by atoms with Gasteiger partial charge in [0.2, 0.25) is 5.78 Å². The summed E-state index contributed by atoms with van der Waals surface area (Å²) >= 11 is 0. The van der Waals surface area contributed by atoms with Crippen LogP contribution in [0.1, 0.15) is 41.2 Å². The van der Waals surface area contributed by atoms with Gasteiger partial charge in [-0.05, 0) is 48.2 Å². The summed E-state index contributed by atoms with van der Waals surface area (Å²) in [7, 11) is 0. The zero-order valence-corrected chi connectivity index (χ0v) is 16.8. The van der Waals surface area contributed by atoms with Gasteiger partial charge in [-0.25, -0.2) is 0 Å². The molecular formula is C25H20F3NO2. The van der Waals surface area contributed by atoms with Crippen molar-refractivity contribution >= 4 is 22.1 Å². The number of ether oxygens (including phenoxy) is 1. The number of ketones is 1. The van der Waals surface area contributed by atoms with Crippen LogP contribution in [0.5, 0.6) is 0 Å². The molecule has 0 saturated heterocycles. The Morgan fingerprint density at radius 2 is 1.77 bits per heavy atom. The third-order valence-corrected chi connectivity index (χ3v) is 5.66. The van der Waals surface area contributed by atoms with Crippen LogP contribution in [0.15, 0.2) is 66.5 Å².